The molecule has 112 valence electrons. The van der Waals surface area contributed by atoms with Crippen LogP contribution in [0.25, 0.3) is 0 Å². The molecular weight excluding hydrogens is 280 g/mol. The number of hydrazine groups is 1. The number of morpholine rings is 1. The van der Waals surface area contributed by atoms with Crippen LogP contribution in [-0.4, -0.2) is 42.5 Å². The first-order chi connectivity index (χ1) is 9.24. The molecule has 0 radical (unpaired) electrons. The van der Waals surface area contributed by atoms with Crippen molar-refractivity contribution in [1.29, 1.82) is 0 Å². The second-order valence-electron chi connectivity index (χ2n) is 5.51. The maximum atomic E-state index is 12.7. The zero-order chi connectivity index (χ0) is 15.0. The number of rotatable bonds is 3. The number of pyridine rings is 1. The monoisotopic (exact) mass is 300 g/mol. The predicted molar refractivity (Wildman–Crippen MR) is 75.4 cm³/mol. The van der Waals surface area contributed by atoms with E-state index < -0.39 is 15.6 Å². The van der Waals surface area contributed by atoms with Gasteiger partial charge >= 0.3 is 0 Å². The highest BCUT2D eigenvalue weighted by atomic mass is 32.2. The van der Waals surface area contributed by atoms with Gasteiger partial charge in [0.25, 0.3) is 0 Å². The predicted octanol–water partition coefficient (Wildman–Crippen LogP) is 0.555. The highest BCUT2D eigenvalue weighted by molar-refractivity contribution is 7.89. The quantitative estimate of drug-likeness (QED) is 0.625. The lowest BCUT2D eigenvalue weighted by molar-refractivity contribution is -0.109. The lowest BCUT2D eigenvalue weighted by Crippen LogP contribution is -2.53. The zero-order valence-electron chi connectivity index (χ0n) is 11.8. The molecule has 3 N–H and O–H groups in total. The molecule has 1 aliphatic heterocycles. The summed E-state index contributed by atoms with van der Waals surface area (Å²) in [4.78, 5) is 4.09. The molecule has 1 atom stereocenters. The van der Waals surface area contributed by atoms with E-state index in [0.29, 0.717) is 18.9 Å². The molecule has 0 saturated carbocycles. The Balaban J connectivity index is 2.34. The SMILES string of the molecule is CC1CN(S(=O)(=O)c2ccnc(NN)c2)CC(C)(C)O1. The van der Waals surface area contributed by atoms with Crippen LogP contribution in [0, 0.1) is 0 Å². The summed E-state index contributed by atoms with van der Waals surface area (Å²) in [6.45, 7) is 6.27. The van der Waals surface area contributed by atoms with Gasteiger partial charge in [0.05, 0.1) is 16.6 Å². The first kappa shape index (κ1) is 15.2. The van der Waals surface area contributed by atoms with Crippen molar-refractivity contribution >= 4 is 15.8 Å². The second-order valence-corrected chi connectivity index (χ2v) is 7.44. The van der Waals surface area contributed by atoms with Gasteiger partial charge in [-0.2, -0.15) is 4.31 Å². The van der Waals surface area contributed by atoms with Gasteiger partial charge in [0, 0.05) is 25.4 Å². The van der Waals surface area contributed by atoms with Crippen LogP contribution in [0.15, 0.2) is 23.2 Å². The average Bonchev–Trinajstić information content (AvgIpc) is 2.36. The standard InChI is InChI=1S/C12H20N4O3S/c1-9-7-16(8-12(2,3)19-9)20(17,18)10-4-5-14-11(6-10)15-13/h4-6,9H,7-8,13H2,1-3H3,(H,14,15). The van der Waals surface area contributed by atoms with E-state index in [4.69, 9.17) is 10.6 Å². The number of hydrogen-bond donors (Lipinski definition) is 2. The Morgan fingerprint density at radius 1 is 1.55 bits per heavy atom. The molecule has 20 heavy (non-hydrogen) atoms. The summed E-state index contributed by atoms with van der Waals surface area (Å²) in [6.07, 6.45) is 1.26. The summed E-state index contributed by atoms with van der Waals surface area (Å²) in [6, 6.07) is 2.88. The highest BCUT2D eigenvalue weighted by Gasteiger charge is 2.37. The molecule has 0 spiro atoms. The van der Waals surface area contributed by atoms with Crippen LogP contribution in [0.1, 0.15) is 20.8 Å². The topological polar surface area (TPSA) is 97.6 Å². The molecule has 7 nitrogen and oxygen atoms in total. The van der Waals surface area contributed by atoms with Gasteiger partial charge in [-0.1, -0.05) is 0 Å². The molecular formula is C12H20N4O3S. The minimum absolute atomic E-state index is 0.150. The Kier molecular flexibility index (Phi) is 4.01. The van der Waals surface area contributed by atoms with E-state index in [-0.39, 0.29) is 11.0 Å². The third-order valence-corrected chi connectivity index (χ3v) is 4.86. The first-order valence-electron chi connectivity index (χ1n) is 6.35. The molecule has 1 aromatic heterocycles. The fourth-order valence-electron chi connectivity index (χ4n) is 2.38. The molecule has 0 aromatic carbocycles. The average molecular weight is 300 g/mol. The normalized spacial score (nSPS) is 23.5. The van der Waals surface area contributed by atoms with Crippen molar-refractivity contribution in [2.24, 2.45) is 5.84 Å². The van der Waals surface area contributed by atoms with Crippen LogP contribution in [0.5, 0.6) is 0 Å². The van der Waals surface area contributed by atoms with Crippen LogP contribution >= 0.6 is 0 Å². The summed E-state index contributed by atoms with van der Waals surface area (Å²) in [5.41, 5.74) is 1.84. The van der Waals surface area contributed by atoms with Crippen molar-refractivity contribution in [3.63, 3.8) is 0 Å². The van der Waals surface area contributed by atoms with Gasteiger partial charge in [0.15, 0.2) is 0 Å². The third-order valence-electron chi connectivity index (χ3n) is 3.06. The maximum absolute atomic E-state index is 12.7. The number of anilines is 1. The van der Waals surface area contributed by atoms with Crippen molar-refractivity contribution in [2.45, 2.75) is 37.4 Å². The van der Waals surface area contributed by atoms with E-state index in [2.05, 4.69) is 10.4 Å². The number of sulfonamides is 1. The first-order valence-corrected chi connectivity index (χ1v) is 7.79. The Morgan fingerprint density at radius 2 is 2.25 bits per heavy atom. The minimum Gasteiger partial charge on any atom is -0.370 e. The summed E-state index contributed by atoms with van der Waals surface area (Å²) < 4.78 is 32.5. The summed E-state index contributed by atoms with van der Waals surface area (Å²) in [5.74, 6) is 5.58. The molecule has 8 heteroatoms. The number of nitrogens with two attached hydrogens (primary N) is 1. The molecule has 0 bridgehead atoms. The number of nitrogens with zero attached hydrogens (tertiary/aromatic N) is 2. The van der Waals surface area contributed by atoms with Gasteiger partial charge in [-0.15, -0.1) is 0 Å². The van der Waals surface area contributed by atoms with E-state index in [1.54, 1.807) is 0 Å². The van der Waals surface area contributed by atoms with E-state index in [0.717, 1.165) is 0 Å². The molecule has 1 saturated heterocycles. The molecule has 0 aliphatic carbocycles. The second kappa shape index (κ2) is 5.28. The van der Waals surface area contributed by atoms with Crippen LogP contribution in [0.3, 0.4) is 0 Å². The van der Waals surface area contributed by atoms with Gasteiger partial charge in [0.1, 0.15) is 5.82 Å². The summed E-state index contributed by atoms with van der Waals surface area (Å²) >= 11 is 0. The number of ether oxygens (including phenoxy) is 1. The minimum atomic E-state index is -3.58. The molecule has 0 amide bonds. The number of nitrogens with one attached hydrogen (secondary N) is 1. The Labute approximate surface area is 119 Å². The molecule has 2 heterocycles. The van der Waals surface area contributed by atoms with Crippen LogP contribution in [0.2, 0.25) is 0 Å². The van der Waals surface area contributed by atoms with Gasteiger partial charge in [-0.3, -0.25) is 0 Å². The number of aromatic nitrogens is 1. The molecule has 2 rings (SSSR count). The summed E-state index contributed by atoms with van der Waals surface area (Å²) in [5, 5.41) is 0. The van der Waals surface area contributed by atoms with Gasteiger partial charge in [-0.25, -0.2) is 19.2 Å². The van der Waals surface area contributed by atoms with Crippen molar-refractivity contribution in [3.8, 4) is 0 Å². The van der Waals surface area contributed by atoms with Crippen molar-refractivity contribution in [3.05, 3.63) is 18.3 Å². The van der Waals surface area contributed by atoms with E-state index in [1.165, 1.54) is 22.6 Å². The van der Waals surface area contributed by atoms with Gasteiger partial charge < -0.3 is 10.2 Å². The van der Waals surface area contributed by atoms with Gasteiger partial charge in [0.2, 0.25) is 10.0 Å². The van der Waals surface area contributed by atoms with Crippen LogP contribution < -0.4 is 11.3 Å². The smallest absolute Gasteiger partial charge is 0.243 e. The van der Waals surface area contributed by atoms with E-state index >= 15 is 0 Å². The van der Waals surface area contributed by atoms with Crippen molar-refractivity contribution in [1.82, 2.24) is 9.29 Å². The van der Waals surface area contributed by atoms with Crippen molar-refractivity contribution in [2.75, 3.05) is 18.5 Å². The van der Waals surface area contributed by atoms with E-state index in [9.17, 15) is 8.42 Å². The van der Waals surface area contributed by atoms with Gasteiger partial charge in [-0.05, 0) is 26.8 Å². The van der Waals surface area contributed by atoms with Crippen molar-refractivity contribution < 1.29 is 13.2 Å². The molecule has 1 unspecified atom stereocenters. The van der Waals surface area contributed by atoms with E-state index in [1.807, 2.05) is 20.8 Å². The number of hydrogen-bond acceptors (Lipinski definition) is 6. The molecule has 1 aliphatic rings. The lowest BCUT2D eigenvalue weighted by Gasteiger charge is -2.40. The zero-order valence-corrected chi connectivity index (χ0v) is 12.6. The van der Waals surface area contributed by atoms with Crippen LogP contribution in [-0.2, 0) is 14.8 Å². The fraction of sp³-hybridized carbons (Fsp3) is 0.583. The fourth-order valence-corrected chi connectivity index (χ4v) is 4.06. The Morgan fingerprint density at radius 3 is 2.85 bits per heavy atom. The molecule has 1 fully saturated rings. The Bertz CT molecular complexity index is 588. The number of nitrogen functional groups attached to an aromatic ring is 1. The lowest BCUT2D eigenvalue weighted by atomic mass is 10.1. The third kappa shape index (κ3) is 3.09. The largest absolute Gasteiger partial charge is 0.370 e. The van der Waals surface area contributed by atoms with Crippen LogP contribution in [0.4, 0.5) is 5.82 Å². The Hall–Kier alpha value is -1.22. The molecule has 1 aromatic rings. The maximum Gasteiger partial charge on any atom is 0.243 e. The highest BCUT2D eigenvalue weighted by Crippen LogP contribution is 2.26. The summed E-state index contributed by atoms with van der Waals surface area (Å²) in [7, 11) is -3.58.